The van der Waals surface area contributed by atoms with E-state index in [0.29, 0.717) is 22.8 Å². The van der Waals surface area contributed by atoms with Crippen molar-refractivity contribution in [3.05, 3.63) is 66.1 Å². The highest BCUT2D eigenvalue weighted by molar-refractivity contribution is 8.00. The first kappa shape index (κ1) is 21.0. The number of furan rings is 1. The lowest BCUT2D eigenvalue weighted by atomic mass is 9.98. The molecule has 4 rings (SSSR count). The van der Waals surface area contributed by atoms with Gasteiger partial charge in [0.1, 0.15) is 29.5 Å². The van der Waals surface area contributed by atoms with E-state index in [1.54, 1.807) is 43.5 Å². The number of esters is 1. The van der Waals surface area contributed by atoms with E-state index in [1.165, 1.54) is 22.9 Å². The highest BCUT2D eigenvalue weighted by atomic mass is 32.2. The van der Waals surface area contributed by atoms with Gasteiger partial charge in [-0.1, -0.05) is 18.7 Å². The number of fused-ring (bicyclic) bond motifs is 1. The van der Waals surface area contributed by atoms with Crippen LogP contribution in [0.15, 0.2) is 59.2 Å². The van der Waals surface area contributed by atoms with E-state index in [2.05, 4.69) is 11.9 Å². The average Bonchev–Trinajstić information content (AvgIpc) is 3.29. The van der Waals surface area contributed by atoms with Crippen LogP contribution in [0.5, 0.6) is 5.75 Å². The molecule has 0 aliphatic carbocycles. The molecule has 2 aliphatic heterocycles. The van der Waals surface area contributed by atoms with E-state index >= 15 is 0 Å². The fraction of sp³-hybridized carbons (Fsp3) is 0.318. The Morgan fingerprint density at radius 2 is 2.06 bits per heavy atom. The Balaban J connectivity index is 1.36. The van der Waals surface area contributed by atoms with Crippen molar-refractivity contribution in [2.75, 3.05) is 12.9 Å². The van der Waals surface area contributed by atoms with Gasteiger partial charge in [0.05, 0.1) is 19.8 Å². The van der Waals surface area contributed by atoms with Gasteiger partial charge in [-0.3, -0.25) is 9.59 Å². The normalized spacial score (nSPS) is 22.4. The third kappa shape index (κ3) is 4.32. The highest BCUT2D eigenvalue weighted by Gasteiger charge is 2.56. The summed E-state index contributed by atoms with van der Waals surface area (Å²) in [5.74, 6) is 0.572. The number of methoxy groups -OCH3 is 1. The third-order valence-corrected chi connectivity index (χ3v) is 6.56. The second-order valence-electron chi connectivity index (χ2n) is 7.26. The third-order valence-electron chi connectivity index (χ3n) is 5.18. The number of nitrogens with one attached hydrogen (secondary N) is 1. The molecule has 0 radical (unpaired) electrons. The maximum atomic E-state index is 12.8. The molecule has 3 heterocycles. The lowest BCUT2D eigenvalue weighted by Gasteiger charge is -2.52. The van der Waals surface area contributed by atoms with Gasteiger partial charge in [-0.05, 0) is 35.4 Å². The van der Waals surface area contributed by atoms with E-state index in [0.717, 1.165) is 5.56 Å². The van der Waals surface area contributed by atoms with Gasteiger partial charge in [0.15, 0.2) is 6.04 Å². The molecular weight excluding hydrogens is 420 g/mol. The minimum atomic E-state index is -0.852. The van der Waals surface area contributed by atoms with Gasteiger partial charge in [0, 0.05) is 5.75 Å². The van der Waals surface area contributed by atoms with Crippen molar-refractivity contribution in [3.63, 3.8) is 0 Å². The molecule has 2 amide bonds. The van der Waals surface area contributed by atoms with Crippen molar-refractivity contribution in [1.82, 2.24) is 10.2 Å². The van der Waals surface area contributed by atoms with Crippen LogP contribution >= 0.6 is 11.8 Å². The second-order valence-corrected chi connectivity index (χ2v) is 8.37. The molecule has 2 aromatic rings. The molecule has 1 N–H and O–H groups in total. The van der Waals surface area contributed by atoms with Crippen molar-refractivity contribution < 1.29 is 28.3 Å². The number of rotatable bonds is 7. The molecule has 2 unspecified atom stereocenters. The van der Waals surface area contributed by atoms with E-state index in [-0.39, 0.29) is 30.2 Å². The maximum absolute atomic E-state index is 12.8. The Labute approximate surface area is 183 Å². The number of ether oxygens (including phenoxy) is 2. The number of hydrogen-bond donors (Lipinski definition) is 1. The predicted octanol–water partition coefficient (Wildman–Crippen LogP) is 1.90. The van der Waals surface area contributed by atoms with Crippen molar-refractivity contribution in [2.24, 2.45) is 0 Å². The lowest BCUT2D eigenvalue weighted by Crippen LogP contribution is -2.74. The van der Waals surface area contributed by atoms with Crippen molar-refractivity contribution in [2.45, 2.75) is 30.5 Å². The maximum Gasteiger partial charge on any atom is 0.333 e. The van der Waals surface area contributed by atoms with Crippen LogP contribution in [0.4, 0.5) is 0 Å². The molecule has 2 aliphatic rings. The number of hydrogen-bond acceptors (Lipinski definition) is 7. The van der Waals surface area contributed by atoms with Crippen LogP contribution in [-0.4, -0.2) is 53.0 Å². The van der Waals surface area contributed by atoms with Crippen LogP contribution in [0.3, 0.4) is 0 Å². The van der Waals surface area contributed by atoms with Gasteiger partial charge < -0.3 is 24.1 Å². The zero-order chi connectivity index (χ0) is 22.0. The second kappa shape index (κ2) is 8.89. The molecule has 1 aromatic carbocycles. The zero-order valence-corrected chi connectivity index (χ0v) is 17.7. The molecular formula is C22H22N2O6S. The van der Waals surface area contributed by atoms with Crippen LogP contribution in [0.25, 0.3) is 0 Å². The Kier molecular flexibility index (Phi) is 6.03. The Morgan fingerprint density at radius 1 is 1.29 bits per heavy atom. The molecule has 31 heavy (non-hydrogen) atoms. The number of carbonyl (C=O) groups excluding carboxylic acids is 3. The van der Waals surface area contributed by atoms with Crippen LogP contribution in [0.2, 0.25) is 0 Å². The largest absolute Gasteiger partial charge is 0.497 e. The molecule has 2 fully saturated rings. The van der Waals surface area contributed by atoms with E-state index < -0.39 is 18.1 Å². The van der Waals surface area contributed by atoms with E-state index in [1.807, 2.05) is 0 Å². The van der Waals surface area contributed by atoms with E-state index in [4.69, 9.17) is 13.9 Å². The first-order valence-electron chi connectivity index (χ1n) is 9.70. The number of benzene rings is 1. The van der Waals surface area contributed by atoms with Crippen LogP contribution < -0.4 is 10.1 Å². The van der Waals surface area contributed by atoms with E-state index in [9.17, 15) is 14.4 Å². The molecule has 0 spiro atoms. The summed E-state index contributed by atoms with van der Waals surface area (Å²) < 4.78 is 15.7. The fourth-order valence-electron chi connectivity index (χ4n) is 3.57. The van der Waals surface area contributed by atoms with Crippen molar-refractivity contribution in [1.29, 1.82) is 0 Å². The summed E-state index contributed by atoms with van der Waals surface area (Å²) in [5, 5.41) is 2.41. The SMILES string of the molecule is C=C1CS[C@H]2C(NC(=O)Cc3ccco3)C(=O)N2C1C(=O)OCc1ccc(OC)cc1. The van der Waals surface area contributed by atoms with Crippen LogP contribution in [0.1, 0.15) is 11.3 Å². The molecule has 9 heteroatoms. The summed E-state index contributed by atoms with van der Waals surface area (Å²) in [6.07, 6.45) is 1.54. The summed E-state index contributed by atoms with van der Waals surface area (Å²) in [5.41, 5.74) is 1.41. The summed E-state index contributed by atoms with van der Waals surface area (Å²) in [6.45, 7) is 4.03. The van der Waals surface area contributed by atoms with Gasteiger partial charge in [-0.2, -0.15) is 0 Å². The minimum Gasteiger partial charge on any atom is -0.497 e. The summed E-state index contributed by atoms with van der Waals surface area (Å²) >= 11 is 1.47. The fourth-order valence-corrected chi connectivity index (χ4v) is 4.88. The molecule has 8 nitrogen and oxygen atoms in total. The smallest absolute Gasteiger partial charge is 0.333 e. The molecule has 0 saturated carbocycles. The summed E-state index contributed by atoms with van der Waals surface area (Å²) in [4.78, 5) is 39.2. The minimum absolute atomic E-state index is 0.0498. The standard InChI is InChI=1S/C22H22N2O6S/c1-13-12-31-21-18(23-17(25)10-16-4-3-9-29-16)20(26)24(21)19(13)22(27)30-11-14-5-7-15(28-2)8-6-14/h3-9,18-19,21H,1,10-12H2,2H3,(H,23,25)/t18?,19?,21-/m0/s1. The van der Waals surface area contributed by atoms with Crippen molar-refractivity contribution in [3.8, 4) is 5.75 Å². The quantitative estimate of drug-likeness (QED) is 0.397. The average molecular weight is 442 g/mol. The molecule has 0 bridgehead atoms. The number of amides is 2. The molecule has 2 saturated heterocycles. The summed E-state index contributed by atoms with van der Waals surface area (Å²) in [7, 11) is 1.58. The van der Waals surface area contributed by atoms with Gasteiger partial charge >= 0.3 is 5.97 Å². The van der Waals surface area contributed by atoms with Crippen LogP contribution in [0, 0.1) is 0 Å². The zero-order valence-electron chi connectivity index (χ0n) is 16.9. The van der Waals surface area contributed by atoms with Gasteiger partial charge in [0.2, 0.25) is 11.8 Å². The van der Waals surface area contributed by atoms with Crippen molar-refractivity contribution >= 4 is 29.5 Å². The van der Waals surface area contributed by atoms with Gasteiger partial charge in [0.25, 0.3) is 0 Å². The van der Waals surface area contributed by atoms with Crippen LogP contribution in [-0.2, 0) is 32.1 Å². The number of nitrogens with zero attached hydrogens (tertiary/aromatic N) is 1. The first-order chi connectivity index (χ1) is 15.0. The lowest BCUT2D eigenvalue weighted by molar-refractivity contribution is -0.164. The van der Waals surface area contributed by atoms with Gasteiger partial charge in [-0.25, -0.2) is 4.79 Å². The predicted molar refractivity (Wildman–Crippen MR) is 113 cm³/mol. The first-order valence-corrected chi connectivity index (χ1v) is 10.8. The molecule has 1 aromatic heterocycles. The molecule has 3 atom stereocenters. The number of thioether (sulfide) groups is 1. The Morgan fingerprint density at radius 3 is 2.74 bits per heavy atom. The van der Waals surface area contributed by atoms with Gasteiger partial charge in [-0.15, -0.1) is 11.8 Å². The Hall–Kier alpha value is -3.20. The number of carbonyl (C=O) groups is 3. The summed E-state index contributed by atoms with van der Waals surface area (Å²) in [6, 6.07) is 9.04. The number of β-lactam (4-membered cyclic amide) rings is 1. The monoisotopic (exact) mass is 442 g/mol. The molecule has 162 valence electrons. The Bertz CT molecular complexity index is 988. The topological polar surface area (TPSA) is 98.1 Å². The highest BCUT2D eigenvalue weighted by Crippen LogP contribution is 2.40.